The Morgan fingerprint density at radius 1 is 0.472 bits per heavy atom. The van der Waals surface area contributed by atoms with Gasteiger partial charge in [-0.2, -0.15) is 0 Å². The van der Waals surface area contributed by atoms with E-state index in [4.69, 9.17) is 28.4 Å². The van der Waals surface area contributed by atoms with Crippen molar-refractivity contribution in [2.45, 2.75) is 111 Å². The van der Waals surface area contributed by atoms with E-state index in [1.807, 2.05) is 0 Å². The van der Waals surface area contributed by atoms with Gasteiger partial charge in [-0.3, -0.25) is 28.8 Å². The molecular formula is C24H38O12. The van der Waals surface area contributed by atoms with Gasteiger partial charge in [0.1, 0.15) is 30.5 Å². The molecule has 0 amide bonds. The quantitative estimate of drug-likeness (QED) is 0.217. The van der Waals surface area contributed by atoms with Gasteiger partial charge in [0.2, 0.25) is 0 Å². The molecule has 0 bridgehead atoms. The van der Waals surface area contributed by atoms with Gasteiger partial charge >= 0.3 is 35.8 Å². The SMILES string of the molecule is CCOC(=O)C[C@@H](C)OC(=O)C[C@@H](C)OC(=O)C[C@@H](C)OC(=O)C[C@@H](C)OC(=O)C[C@@H](C)OC(C)=O. The average Bonchev–Trinajstić information content (AvgIpc) is 2.65. The summed E-state index contributed by atoms with van der Waals surface area (Å²) in [5.74, 6) is -3.65. The largest absolute Gasteiger partial charge is 0.466 e. The number of hydrogen-bond acceptors (Lipinski definition) is 12. The topological polar surface area (TPSA) is 158 Å². The summed E-state index contributed by atoms with van der Waals surface area (Å²) >= 11 is 0. The predicted octanol–water partition coefficient (Wildman–Crippen LogP) is 2.18. The van der Waals surface area contributed by atoms with Gasteiger partial charge in [0.25, 0.3) is 0 Å². The minimum atomic E-state index is -0.819. The van der Waals surface area contributed by atoms with Crippen molar-refractivity contribution in [3.63, 3.8) is 0 Å². The van der Waals surface area contributed by atoms with Crippen molar-refractivity contribution in [1.29, 1.82) is 0 Å². The van der Waals surface area contributed by atoms with Crippen LogP contribution >= 0.6 is 0 Å². The summed E-state index contributed by atoms with van der Waals surface area (Å²) in [7, 11) is 0. The molecule has 0 radical (unpaired) electrons. The number of rotatable bonds is 16. The molecule has 0 aromatic rings. The normalized spacial score (nSPS) is 14.8. The second-order valence-corrected chi connectivity index (χ2v) is 8.45. The summed E-state index contributed by atoms with van der Waals surface area (Å²) in [6.07, 6.45) is -4.68. The molecule has 0 unspecified atom stereocenters. The molecule has 0 aliphatic rings. The number of carbonyl (C=O) groups excluding carboxylic acids is 6. The second kappa shape index (κ2) is 17.3. The molecule has 5 atom stereocenters. The Kier molecular flexibility index (Phi) is 15.8. The highest BCUT2D eigenvalue weighted by atomic mass is 16.6. The Morgan fingerprint density at radius 3 is 0.972 bits per heavy atom. The zero-order chi connectivity index (χ0) is 27.8. The third-order valence-corrected chi connectivity index (χ3v) is 4.27. The molecule has 0 saturated carbocycles. The van der Waals surface area contributed by atoms with Gasteiger partial charge in [0.15, 0.2) is 0 Å². The van der Waals surface area contributed by atoms with Crippen LogP contribution in [-0.4, -0.2) is 72.9 Å². The molecule has 0 heterocycles. The van der Waals surface area contributed by atoms with E-state index in [0.717, 1.165) is 0 Å². The van der Waals surface area contributed by atoms with Crippen molar-refractivity contribution in [2.24, 2.45) is 0 Å². The lowest BCUT2D eigenvalue weighted by atomic mass is 10.2. The maximum atomic E-state index is 12.1. The molecule has 0 saturated heterocycles. The Bertz CT molecular complexity index is 762. The van der Waals surface area contributed by atoms with Crippen LogP contribution in [-0.2, 0) is 57.2 Å². The highest BCUT2D eigenvalue weighted by Crippen LogP contribution is 2.10. The number of carbonyl (C=O) groups is 6. The van der Waals surface area contributed by atoms with Crippen molar-refractivity contribution in [3.05, 3.63) is 0 Å². The van der Waals surface area contributed by atoms with E-state index < -0.39 is 66.3 Å². The summed E-state index contributed by atoms with van der Waals surface area (Å²) < 4.78 is 30.1. The Labute approximate surface area is 211 Å². The Balaban J connectivity index is 4.29. The standard InChI is InChI=1S/C24H38O12/c1-8-31-20(26)9-15(3)33-22(28)11-17(5)35-24(30)13-18(6)36-23(29)12-16(4)34-21(27)10-14(2)32-19(7)25/h14-18H,8-13H2,1-7H3/t14-,15-,16-,17-,18-/m1/s1. The molecular weight excluding hydrogens is 480 g/mol. The fourth-order valence-corrected chi connectivity index (χ4v) is 2.98. The number of hydrogen-bond donors (Lipinski definition) is 0. The first-order valence-electron chi connectivity index (χ1n) is 11.8. The van der Waals surface area contributed by atoms with E-state index in [-0.39, 0.29) is 38.7 Å². The first-order valence-corrected chi connectivity index (χ1v) is 11.8. The highest BCUT2D eigenvalue weighted by Gasteiger charge is 2.23. The molecule has 36 heavy (non-hydrogen) atoms. The van der Waals surface area contributed by atoms with E-state index >= 15 is 0 Å². The Hall–Kier alpha value is -3.18. The van der Waals surface area contributed by atoms with E-state index in [1.54, 1.807) is 20.8 Å². The molecule has 0 aliphatic heterocycles. The summed E-state index contributed by atoms with van der Waals surface area (Å²) in [6, 6.07) is 0. The molecule has 206 valence electrons. The van der Waals surface area contributed by atoms with Crippen molar-refractivity contribution in [2.75, 3.05) is 6.61 Å². The molecule has 0 aliphatic carbocycles. The van der Waals surface area contributed by atoms with Crippen LogP contribution in [0.1, 0.15) is 80.6 Å². The predicted molar refractivity (Wildman–Crippen MR) is 123 cm³/mol. The zero-order valence-corrected chi connectivity index (χ0v) is 22.0. The highest BCUT2D eigenvalue weighted by molar-refractivity contribution is 5.75. The fourth-order valence-electron chi connectivity index (χ4n) is 2.98. The van der Waals surface area contributed by atoms with Crippen LogP contribution in [0.25, 0.3) is 0 Å². The lowest BCUT2D eigenvalue weighted by Crippen LogP contribution is -2.27. The van der Waals surface area contributed by atoms with E-state index in [0.29, 0.717) is 0 Å². The van der Waals surface area contributed by atoms with E-state index in [1.165, 1.54) is 27.7 Å². The van der Waals surface area contributed by atoms with Gasteiger partial charge < -0.3 is 28.4 Å². The van der Waals surface area contributed by atoms with Crippen LogP contribution in [0.15, 0.2) is 0 Å². The van der Waals surface area contributed by atoms with Crippen molar-refractivity contribution < 1.29 is 57.2 Å². The molecule has 0 N–H and O–H groups in total. The van der Waals surface area contributed by atoms with Crippen molar-refractivity contribution in [1.82, 2.24) is 0 Å². The smallest absolute Gasteiger partial charge is 0.309 e. The first-order chi connectivity index (χ1) is 16.7. The average molecular weight is 519 g/mol. The van der Waals surface area contributed by atoms with Crippen LogP contribution in [0.3, 0.4) is 0 Å². The molecule has 0 aromatic heterocycles. The van der Waals surface area contributed by atoms with Crippen molar-refractivity contribution >= 4 is 35.8 Å². The van der Waals surface area contributed by atoms with Crippen LogP contribution < -0.4 is 0 Å². The van der Waals surface area contributed by atoms with Gasteiger partial charge in [-0.15, -0.1) is 0 Å². The summed E-state index contributed by atoms with van der Waals surface area (Å²) in [5.41, 5.74) is 0. The fraction of sp³-hybridized carbons (Fsp3) is 0.750. The monoisotopic (exact) mass is 518 g/mol. The molecule has 0 rings (SSSR count). The molecule has 0 fully saturated rings. The number of ether oxygens (including phenoxy) is 6. The first kappa shape index (κ1) is 32.8. The molecule has 0 aromatic carbocycles. The van der Waals surface area contributed by atoms with Gasteiger partial charge in [-0.1, -0.05) is 0 Å². The lowest BCUT2D eigenvalue weighted by Gasteiger charge is -2.18. The zero-order valence-electron chi connectivity index (χ0n) is 22.0. The lowest BCUT2D eigenvalue weighted by molar-refractivity contribution is -0.160. The maximum absolute atomic E-state index is 12.1. The van der Waals surface area contributed by atoms with E-state index in [9.17, 15) is 28.8 Å². The minimum Gasteiger partial charge on any atom is -0.466 e. The summed E-state index contributed by atoms with van der Waals surface area (Å²) in [5, 5.41) is 0. The minimum absolute atomic E-state index is 0.0815. The van der Waals surface area contributed by atoms with Gasteiger partial charge in [0.05, 0.1) is 38.7 Å². The third kappa shape index (κ3) is 17.3. The van der Waals surface area contributed by atoms with E-state index in [2.05, 4.69) is 0 Å². The number of esters is 6. The maximum Gasteiger partial charge on any atom is 0.309 e. The van der Waals surface area contributed by atoms with Gasteiger partial charge in [0, 0.05) is 6.92 Å². The molecule has 12 nitrogen and oxygen atoms in total. The van der Waals surface area contributed by atoms with Crippen molar-refractivity contribution in [3.8, 4) is 0 Å². The van der Waals surface area contributed by atoms with Crippen LogP contribution in [0, 0.1) is 0 Å². The van der Waals surface area contributed by atoms with Gasteiger partial charge in [-0.05, 0) is 41.5 Å². The molecule has 0 spiro atoms. The second-order valence-electron chi connectivity index (χ2n) is 8.45. The van der Waals surface area contributed by atoms with Crippen LogP contribution in [0.5, 0.6) is 0 Å². The van der Waals surface area contributed by atoms with Crippen LogP contribution in [0.2, 0.25) is 0 Å². The molecule has 12 heteroatoms. The Morgan fingerprint density at radius 2 is 0.722 bits per heavy atom. The summed E-state index contributed by atoms with van der Waals surface area (Å²) in [4.78, 5) is 70.2. The van der Waals surface area contributed by atoms with Crippen LogP contribution in [0.4, 0.5) is 0 Å². The summed E-state index contributed by atoms with van der Waals surface area (Å²) in [6.45, 7) is 10.7. The van der Waals surface area contributed by atoms with Gasteiger partial charge in [-0.25, -0.2) is 0 Å². The third-order valence-electron chi connectivity index (χ3n) is 4.27.